The van der Waals surface area contributed by atoms with Gasteiger partial charge in [-0.05, 0) is 51.7 Å². The van der Waals surface area contributed by atoms with E-state index in [0.717, 1.165) is 64.8 Å². The summed E-state index contributed by atoms with van der Waals surface area (Å²) in [6.45, 7) is 6.92. The Morgan fingerprint density at radius 3 is 2.50 bits per heavy atom. The van der Waals surface area contributed by atoms with Gasteiger partial charge in [-0.3, -0.25) is 0 Å². The molecule has 4 heteroatoms. The van der Waals surface area contributed by atoms with Gasteiger partial charge in [0.15, 0.2) is 0 Å². The maximum absolute atomic E-state index is 5.89. The Bertz CT molecular complexity index is 216. The van der Waals surface area contributed by atoms with Gasteiger partial charge in [0.1, 0.15) is 0 Å². The minimum absolute atomic E-state index is 0.478. The van der Waals surface area contributed by atoms with Crippen molar-refractivity contribution >= 4 is 0 Å². The fourth-order valence-corrected chi connectivity index (χ4v) is 2.20. The number of piperidine rings is 1. The summed E-state index contributed by atoms with van der Waals surface area (Å²) in [6, 6.07) is 0. The number of hydrogen-bond donors (Lipinski definition) is 1. The molecule has 0 bridgehead atoms. The van der Waals surface area contributed by atoms with E-state index in [0.29, 0.717) is 6.10 Å². The zero-order chi connectivity index (χ0) is 12.6. The lowest BCUT2D eigenvalue weighted by molar-refractivity contribution is 0.0189. The average Bonchev–Trinajstić information content (AvgIpc) is 3.20. The van der Waals surface area contributed by atoms with Crippen LogP contribution >= 0.6 is 0 Å². The summed E-state index contributed by atoms with van der Waals surface area (Å²) in [5, 5.41) is 3.36. The quantitative estimate of drug-likeness (QED) is 0.627. The standard InChI is InChI=1S/C14H28N2O2/c1-16(8-10-17-12-13-2-3-13)9-11-18-14-4-6-15-7-5-14/h13-15H,2-12H2,1H3. The molecule has 0 spiro atoms. The molecule has 1 saturated carbocycles. The molecule has 0 atom stereocenters. The van der Waals surface area contributed by atoms with Gasteiger partial charge >= 0.3 is 0 Å². The van der Waals surface area contributed by atoms with Crippen LogP contribution in [-0.2, 0) is 9.47 Å². The van der Waals surface area contributed by atoms with Crippen molar-refractivity contribution in [1.82, 2.24) is 10.2 Å². The smallest absolute Gasteiger partial charge is 0.0600 e. The first-order valence-electron chi connectivity index (χ1n) is 7.43. The van der Waals surface area contributed by atoms with Gasteiger partial charge in [0, 0.05) is 19.7 Å². The topological polar surface area (TPSA) is 33.7 Å². The third-order valence-corrected chi connectivity index (χ3v) is 3.78. The second kappa shape index (κ2) is 8.10. The average molecular weight is 256 g/mol. The highest BCUT2D eigenvalue weighted by Gasteiger charge is 2.20. The lowest BCUT2D eigenvalue weighted by Gasteiger charge is -2.24. The van der Waals surface area contributed by atoms with Crippen molar-refractivity contribution in [3.63, 3.8) is 0 Å². The van der Waals surface area contributed by atoms with Gasteiger partial charge in [-0.1, -0.05) is 0 Å². The molecule has 0 aromatic rings. The van der Waals surface area contributed by atoms with Gasteiger partial charge in [-0.2, -0.15) is 0 Å². The van der Waals surface area contributed by atoms with E-state index in [1.807, 2.05) is 0 Å². The zero-order valence-electron chi connectivity index (χ0n) is 11.7. The van der Waals surface area contributed by atoms with E-state index in [4.69, 9.17) is 9.47 Å². The molecule has 1 saturated heterocycles. The third-order valence-electron chi connectivity index (χ3n) is 3.78. The van der Waals surface area contributed by atoms with Crippen molar-refractivity contribution in [2.75, 3.05) is 53.0 Å². The first kappa shape index (κ1) is 14.3. The lowest BCUT2D eigenvalue weighted by Crippen LogP contribution is -2.34. The molecule has 0 aromatic carbocycles. The van der Waals surface area contributed by atoms with Gasteiger partial charge in [-0.15, -0.1) is 0 Å². The molecule has 1 aliphatic heterocycles. The Morgan fingerprint density at radius 1 is 1.06 bits per heavy atom. The van der Waals surface area contributed by atoms with E-state index in [1.165, 1.54) is 12.8 Å². The van der Waals surface area contributed by atoms with Crippen molar-refractivity contribution in [3.05, 3.63) is 0 Å². The molecule has 4 nitrogen and oxygen atoms in total. The summed E-state index contributed by atoms with van der Waals surface area (Å²) in [7, 11) is 2.15. The van der Waals surface area contributed by atoms with Crippen molar-refractivity contribution < 1.29 is 9.47 Å². The predicted molar refractivity (Wildman–Crippen MR) is 72.9 cm³/mol. The molecular formula is C14H28N2O2. The monoisotopic (exact) mass is 256 g/mol. The lowest BCUT2D eigenvalue weighted by atomic mass is 10.1. The summed E-state index contributed by atoms with van der Waals surface area (Å²) < 4.78 is 11.5. The van der Waals surface area contributed by atoms with Gasteiger partial charge in [0.2, 0.25) is 0 Å². The Labute approximate surface area is 111 Å². The second-order valence-corrected chi connectivity index (χ2v) is 5.64. The Balaban J connectivity index is 1.39. The molecule has 0 aromatic heterocycles. The third kappa shape index (κ3) is 6.14. The van der Waals surface area contributed by atoms with Crippen LogP contribution in [0.3, 0.4) is 0 Å². The minimum Gasteiger partial charge on any atom is -0.380 e. The molecule has 1 aliphatic carbocycles. The predicted octanol–water partition coefficient (Wildman–Crippen LogP) is 1.11. The molecule has 2 fully saturated rings. The number of hydrogen-bond acceptors (Lipinski definition) is 4. The van der Waals surface area contributed by atoms with Crippen molar-refractivity contribution in [1.29, 1.82) is 0 Å². The molecule has 2 rings (SSSR count). The van der Waals surface area contributed by atoms with Gasteiger partial charge in [0.25, 0.3) is 0 Å². The Hall–Kier alpha value is -0.160. The summed E-state index contributed by atoms with van der Waals surface area (Å²) in [4.78, 5) is 2.30. The first-order valence-corrected chi connectivity index (χ1v) is 7.43. The number of likely N-dealkylation sites (N-methyl/N-ethyl adjacent to an activating group) is 1. The largest absolute Gasteiger partial charge is 0.380 e. The maximum atomic E-state index is 5.89. The molecule has 18 heavy (non-hydrogen) atoms. The van der Waals surface area contributed by atoms with Crippen LogP contribution in [0.25, 0.3) is 0 Å². The van der Waals surface area contributed by atoms with Crippen LogP contribution < -0.4 is 5.32 Å². The fraction of sp³-hybridized carbons (Fsp3) is 1.00. The van der Waals surface area contributed by atoms with Crippen molar-refractivity contribution in [3.8, 4) is 0 Å². The summed E-state index contributed by atoms with van der Waals surface area (Å²) in [6.07, 6.45) is 5.55. The van der Waals surface area contributed by atoms with Gasteiger partial charge in [-0.25, -0.2) is 0 Å². The summed E-state index contributed by atoms with van der Waals surface area (Å²) in [5.74, 6) is 0.874. The highest BCUT2D eigenvalue weighted by atomic mass is 16.5. The molecule has 1 N–H and O–H groups in total. The van der Waals surface area contributed by atoms with Crippen LogP contribution in [0.4, 0.5) is 0 Å². The first-order chi connectivity index (χ1) is 8.84. The summed E-state index contributed by atoms with van der Waals surface area (Å²) in [5.41, 5.74) is 0. The van der Waals surface area contributed by atoms with Crippen LogP contribution in [0.1, 0.15) is 25.7 Å². The van der Waals surface area contributed by atoms with Crippen LogP contribution in [0.5, 0.6) is 0 Å². The SMILES string of the molecule is CN(CCOCC1CC1)CCOC1CCNCC1. The molecule has 0 amide bonds. The molecular weight excluding hydrogens is 228 g/mol. The van der Waals surface area contributed by atoms with Gasteiger partial charge < -0.3 is 19.7 Å². The van der Waals surface area contributed by atoms with E-state index in [1.54, 1.807) is 0 Å². The van der Waals surface area contributed by atoms with E-state index >= 15 is 0 Å². The molecule has 106 valence electrons. The van der Waals surface area contributed by atoms with Crippen LogP contribution in [0, 0.1) is 5.92 Å². The number of nitrogens with zero attached hydrogens (tertiary/aromatic N) is 1. The van der Waals surface area contributed by atoms with E-state index in [-0.39, 0.29) is 0 Å². The van der Waals surface area contributed by atoms with Crippen molar-refractivity contribution in [2.24, 2.45) is 5.92 Å². The molecule has 1 heterocycles. The fourth-order valence-electron chi connectivity index (χ4n) is 2.20. The normalized spacial score (nSPS) is 21.7. The minimum atomic E-state index is 0.478. The van der Waals surface area contributed by atoms with Gasteiger partial charge in [0.05, 0.1) is 19.3 Å². The zero-order valence-corrected chi connectivity index (χ0v) is 11.7. The van der Waals surface area contributed by atoms with E-state index in [9.17, 15) is 0 Å². The van der Waals surface area contributed by atoms with Crippen LogP contribution in [-0.4, -0.2) is 64.1 Å². The Morgan fingerprint density at radius 2 is 1.78 bits per heavy atom. The summed E-state index contributed by atoms with van der Waals surface area (Å²) >= 11 is 0. The highest BCUT2D eigenvalue weighted by Crippen LogP contribution is 2.28. The number of ether oxygens (including phenoxy) is 2. The second-order valence-electron chi connectivity index (χ2n) is 5.64. The number of rotatable bonds is 9. The molecule has 2 aliphatic rings. The van der Waals surface area contributed by atoms with Crippen LogP contribution in [0.2, 0.25) is 0 Å². The maximum Gasteiger partial charge on any atom is 0.0600 e. The van der Waals surface area contributed by atoms with E-state index in [2.05, 4.69) is 17.3 Å². The number of nitrogens with one attached hydrogen (secondary N) is 1. The van der Waals surface area contributed by atoms with E-state index < -0.39 is 0 Å². The van der Waals surface area contributed by atoms with Crippen LogP contribution in [0.15, 0.2) is 0 Å². The molecule has 0 unspecified atom stereocenters. The van der Waals surface area contributed by atoms with Crippen molar-refractivity contribution in [2.45, 2.75) is 31.8 Å². The highest BCUT2D eigenvalue weighted by molar-refractivity contribution is 4.72. The Kier molecular flexibility index (Phi) is 6.41. The molecule has 0 radical (unpaired) electrons.